The van der Waals surface area contributed by atoms with Gasteiger partial charge in [0.15, 0.2) is 0 Å². The van der Waals surface area contributed by atoms with E-state index in [-0.39, 0.29) is 0 Å². The summed E-state index contributed by atoms with van der Waals surface area (Å²) in [7, 11) is 0. The number of carbonyl (C=O) groups is 2. The van der Waals surface area contributed by atoms with Gasteiger partial charge in [-0.1, -0.05) is 91.2 Å². The molecule has 4 heteroatoms. The van der Waals surface area contributed by atoms with Crippen molar-refractivity contribution < 1.29 is 19.4 Å². The smallest absolute Gasteiger partial charge is 0.345 e. The van der Waals surface area contributed by atoms with Gasteiger partial charge in [-0.3, -0.25) is 4.79 Å². The fourth-order valence-electron chi connectivity index (χ4n) is 3.13. The van der Waals surface area contributed by atoms with Crippen LogP contribution >= 0.6 is 0 Å². The molecule has 0 aliphatic heterocycles. The Bertz CT molecular complexity index is 434. The van der Waals surface area contributed by atoms with Crippen molar-refractivity contribution in [3.05, 3.63) is 12.2 Å². The van der Waals surface area contributed by atoms with Crippen LogP contribution in [0.4, 0.5) is 0 Å². The molecule has 1 atom stereocenters. The Morgan fingerprint density at radius 2 is 1.29 bits per heavy atom. The molecule has 0 spiro atoms. The molecule has 0 fully saturated rings. The van der Waals surface area contributed by atoms with Gasteiger partial charge >= 0.3 is 11.9 Å². The first-order valence-corrected chi connectivity index (χ1v) is 11.4. The van der Waals surface area contributed by atoms with E-state index in [0.29, 0.717) is 6.42 Å². The van der Waals surface area contributed by atoms with E-state index in [1.54, 1.807) is 20.8 Å². The highest BCUT2D eigenvalue weighted by atomic mass is 16.6. The predicted octanol–water partition coefficient (Wildman–Crippen LogP) is 7.07. The van der Waals surface area contributed by atoms with Crippen molar-refractivity contribution in [3.8, 4) is 0 Å². The Morgan fingerprint density at radius 3 is 1.75 bits per heavy atom. The molecule has 0 bridgehead atoms. The summed E-state index contributed by atoms with van der Waals surface area (Å²) in [4.78, 5) is 23.1. The van der Waals surface area contributed by atoms with Gasteiger partial charge in [-0.15, -0.1) is 0 Å². The van der Waals surface area contributed by atoms with Gasteiger partial charge < -0.3 is 9.84 Å². The van der Waals surface area contributed by atoms with Crippen LogP contribution in [0, 0.1) is 5.41 Å². The molecule has 0 saturated heterocycles. The third-order valence-electron chi connectivity index (χ3n) is 4.90. The van der Waals surface area contributed by atoms with E-state index in [1.165, 1.54) is 57.8 Å². The quantitative estimate of drug-likeness (QED) is 0.162. The molecular weight excluding hydrogens is 352 g/mol. The van der Waals surface area contributed by atoms with Gasteiger partial charge in [-0.05, 0) is 32.1 Å². The van der Waals surface area contributed by atoms with Crippen LogP contribution in [0.3, 0.4) is 0 Å². The Balaban J connectivity index is 3.55. The summed E-state index contributed by atoms with van der Waals surface area (Å²) >= 11 is 0. The topological polar surface area (TPSA) is 63.6 Å². The number of esters is 1. The molecule has 4 nitrogen and oxygen atoms in total. The molecule has 0 aromatic carbocycles. The van der Waals surface area contributed by atoms with Crippen LogP contribution in [0.25, 0.3) is 0 Å². The number of aliphatic carboxylic acids is 1. The number of allylic oxidation sites excluding steroid dienone is 2. The van der Waals surface area contributed by atoms with Crippen molar-refractivity contribution >= 4 is 11.9 Å². The van der Waals surface area contributed by atoms with E-state index in [1.807, 2.05) is 0 Å². The molecule has 0 amide bonds. The lowest BCUT2D eigenvalue weighted by Crippen LogP contribution is -2.38. The lowest BCUT2D eigenvalue weighted by atomic mass is 9.89. The Labute approximate surface area is 173 Å². The summed E-state index contributed by atoms with van der Waals surface area (Å²) in [5, 5.41) is 9.18. The molecule has 1 N–H and O–H groups in total. The van der Waals surface area contributed by atoms with Crippen LogP contribution in [0.15, 0.2) is 12.2 Å². The number of rotatable bonds is 17. The minimum absolute atomic E-state index is 0.304. The summed E-state index contributed by atoms with van der Waals surface area (Å²) in [6, 6.07) is 0. The summed E-state index contributed by atoms with van der Waals surface area (Å²) in [6.07, 6.45) is 19.6. The largest absolute Gasteiger partial charge is 0.478 e. The molecule has 0 saturated carbocycles. The van der Waals surface area contributed by atoms with Crippen molar-refractivity contribution in [3.63, 3.8) is 0 Å². The van der Waals surface area contributed by atoms with Crippen molar-refractivity contribution in [2.24, 2.45) is 5.41 Å². The lowest BCUT2D eigenvalue weighted by Gasteiger charge is -2.26. The van der Waals surface area contributed by atoms with E-state index >= 15 is 0 Å². The Morgan fingerprint density at radius 1 is 0.821 bits per heavy atom. The van der Waals surface area contributed by atoms with E-state index in [2.05, 4.69) is 19.1 Å². The molecule has 0 radical (unpaired) electrons. The third-order valence-corrected chi connectivity index (χ3v) is 4.90. The van der Waals surface area contributed by atoms with Crippen LogP contribution in [0.2, 0.25) is 0 Å². The summed E-state index contributed by atoms with van der Waals surface area (Å²) in [5.74, 6) is -1.48. The van der Waals surface area contributed by atoms with Gasteiger partial charge in [0.2, 0.25) is 6.10 Å². The first kappa shape index (κ1) is 26.7. The SMILES string of the molecule is CCCCCCCC/C=C\CCCCCCCC(=O)OC(C(=O)O)C(C)(C)C. The fourth-order valence-corrected chi connectivity index (χ4v) is 3.13. The van der Waals surface area contributed by atoms with Gasteiger partial charge in [0.05, 0.1) is 0 Å². The van der Waals surface area contributed by atoms with Gasteiger partial charge in [-0.25, -0.2) is 4.79 Å². The van der Waals surface area contributed by atoms with E-state index in [4.69, 9.17) is 4.74 Å². The molecule has 0 aliphatic carbocycles. The average Bonchev–Trinajstić information content (AvgIpc) is 2.61. The molecule has 1 unspecified atom stereocenters. The van der Waals surface area contributed by atoms with E-state index < -0.39 is 23.5 Å². The van der Waals surface area contributed by atoms with Gasteiger partial charge in [0, 0.05) is 11.8 Å². The molecule has 0 aromatic rings. The summed E-state index contributed by atoms with van der Waals surface area (Å²) in [6.45, 7) is 7.55. The second kappa shape index (κ2) is 16.6. The zero-order valence-corrected chi connectivity index (χ0v) is 18.8. The van der Waals surface area contributed by atoms with Crippen LogP contribution in [0.1, 0.15) is 118 Å². The molecule has 0 aliphatic rings. The van der Waals surface area contributed by atoms with Crippen LogP contribution in [-0.4, -0.2) is 23.1 Å². The van der Waals surface area contributed by atoms with E-state index in [9.17, 15) is 14.7 Å². The number of carbonyl (C=O) groups excluding carboxylic acids is 1. The number of ether oxygens (including phenoxy) is 1. The molecular formula is C24H44O4. The third kappa shape index (κ3) is 15.7. The maximum Gasteiger partial charge on any atom is 0.345 e. The predicted molar refractivity (Wildman–Crippen MR) is 116 cm³/mol. The zero-order valence-electron chi connectivity index (χ0n) is 18.8. The second-order valence-electron chi connectivity index (χ2n) is 8.91. The monoisotopic (exact) mass is 396 g/mol. The number of carboxylic acid groups (broad SMARTS) is 1. The highest BCUT2D eigenvalue weighted by Gasteiger charge is 2.34. The van der Waals surface area contributed by atoms with Crippen LogP contribution < -0.4 is 0 Å². The van der Waals surface area contributed by atoms with Crippen molar-refractivity contribution in [2.45, 2.75) is 124 Å². The van der Waals surface area contributed by atoms with E-state index in [0.717, 1.165) is 25.7 Å². The minimum Gasteiger partial charge on any atom is -0.478 e. The van der Waals surface area contributed by atoms with Crippen LogP contribution in [0.5, 0.6) is 0 Å². The summed E-state index contributed by atoms with van der Waals surface area (Å²) < 4.78 is 5.15. The number of hydrogen-bond donors (Lipinski definition) is 1. The number of unbranched alkanes of at least 4 members (excludes halogenated alkanes) is 11. The van der Waals surface area contributed by atoms with Gasteiger partial charge in [0.25, 0.3) is 0 Å². The molecule has 0 rings (SSSR count). The first-order chi connectivity index (χ1) is 13.3. The maximum absolute atomic E-state index is 11.8. The molecule has 164 valence electrons. The second-order valence-corrected chi connectivity index (χ2v) is 8.91. The number of hydrogen-bond acceptors (Lipinski definition) is 3. The van der Waals surface area contributed by atoms with Gasteiger partial charge in [0.1, 0.15) is 0 Å². The lowest BCUT2D eigenvalue weighted by molar-refractivity contribution is -0.171. The van der Waals surface area contributed by atoms with Crippen molar-refractivity contribution in [1.29, 1.82) is 0 Å². The zero-order chi connectivity index (χ0) is 21.3. The average molecular weight is 397 g/mol. The fraction of sp³-hybridized carbons (Fsp3) is 0.833. The Kier molecular flexibility index (Phi) is 15.8. The number of carboxylic acids is 1. The molecule has 0 aromatic heterocycles. The highest BCUT2D eigenvalue weighted by Crippen LogP contribution is 2.23. The maximum atomic E-state index is 11.8. The normalized spacial score (nSPS) is 13.0. The Hall–Kier alpha value is -1.32. The van der Waals surface area contributed by atoms with Crippen molar-refractivity contribution in [1.82, 2.24) is 0 Å². The van der Waals surface area contributed by atoms with Gasteiger partial charge in [-0.2, -0.15) is 0 Å². The highest BCUT2D eigenvalue weighted by molar-refractivity contribution is 5.78. The standard InChI is InChI=1S/C24H44O4/c1-5-6-7-8-9-10-11-12-13-14-15-16-17-18-19-20-21(25)28-22(23(26)27)24(2,3)4/h12-13,22H,5-11,14-20H2,1-4H3,(H,26,27)/b13-12-. The minimum atomic E-state index is -1.08. The molecule has 0 heterocycles. The van der Waals surface area contributed by atoms with Crippen LogP contribution in [-0.2, 0) is 14.3 Å². The van der Waals surface area contributed by atoms with Crippen molar-refractivity contribution in [2.75, 3.05) is 0 Å². The first-order valence-electron chi connectivity index (χ1n) is 11.4. The summed E-state index contributed by atoms with van der Waals surface area (Å²) in [5.41, 5.74) is -0.593. The molecule has 28 heavy (non-hydrogen) atoms.